The molecule has 0 atom stereocenters. The number of benzene rings is 1. The molecule has 0 fully saturated rings. The van der Waals surface area contributed by atoms with Crippen LogP contribution in [0.4, 0.5) is 18.9 Å². The molecule has 0 N–H and O–H groups in total. The van der Waals surface area contributed by atoms with Gasteiger partial charge in [-0.1, -0.05) is 6.07 Å². The maximum Gasteiger partial charge on any atom is 0.355 e. The Hall–Kier alpha value is -2.55. The van der Waals surface area contributed by atoms with E-state index in [1.165, 1.54) is 12.1 Å². The van der Waals surface area contributed by atoms with Crippen LogP contribution >= 0.6 is 0 Å². The molecule has 1 aromatic rings. The molecular formula is C15H14F3NO5. The van der Waals surface area contributed by atoms with Gasteiger partial charge in [0.05, 0.1) is 37.7 Å². The number of carbonyl (C=O) groups excluding carboxylic acids is 2. The van der Waals surface area contributed by atoms with Gasteiger partial charge >= 0.3 is 11.9 Å². The van der Waals surface area contributed by atoms with Gasteiger partial charge in [-0.2, -0.15) is 0 Å². The highest BCUT2D eigenvalue weighted by Gasteiger charge is 2.35. The molecule has 0 aliphatic carbocycles. The fourth-order valence-corrected chi connectivity index (χ4v) is 2.31. The lowest BCUT2D eigenvalue weighted by molar-refractivity contribution is -0.140. The summed E-state index contributed by atoms with van der Waals surface area (Å²) >= 11 is 0. The van der Waals surface area contributed by atoms with Crippen molar-refractivity contribution < 1.29 is 37.0 Å². The van der Waals surface area contributed by atoms with E-state index < -0.39 is 29.7 Å². The third-order valence-electron chi connectivity index (χ3n) is 3.37. The highest BCUT2D eigenvalue weighted by Crippen LogP contribution is 2.36. The van der Waals surface area contributed by atoms with E-state index in [0.29, 0.717) is 0 Å². The molecule has 0 bridgehead atoms. The number of methoxy groups -OCH3 is 2. The van der Waals surface area contributed by atoms with Crippen LogP contribution in [-0.2, 0) is 23.8 Å². The molecule has 1 aliphatic rings. The zero-order valence-electron chi connectivity index (χ0n) is 12.8. The molecule has 1 heterocycles. The first-order valence-corrected chi connectivity index (χ1v) is 6.74. The molecule has 0 saturated heterocycles. The number of nitrogens with zero attached hydrogens (tertiary/aromatic N) is 1. The van der Waals surface area contributed by atoms with Crippen molar-refractivity contribution in [3.05, 3.63) is 40.8 Å². The minimum absolute atomic E-state index is 0.208. The summed E-state index contributed by atoms with van der Waals surface area (Å²) < 4.78 is 54.6. The first-order chi connectivity index (χ1) is 11.4. The molecule has 0 aromatic heterocycles. The van der Waals surface area contributed by atoms with Crippen LogP contribution in [-0.4, -0.2) is 39.5 Å². The number of ether oxygens (including phenoxy) is 3. The van der Waals surface area contributed by atoms with E-state index in [0.717, 1.165) is 25.2 Å². The van der Waals surface area contributed by atoms with Crippen molar-refractivity contribution in [1.29, 1.82) is 0 Å². The fourth-order valence-electron chi connectivity index (χ4n) is 2.31. The van der Waals surface area contributed by atoms with Crippen molar-refractivity contribution in [1.82, 2.24) is 0 Å². The van der Waals surface area contributed by atoms with Crippen LogP contribution in [0.25, 0.3) is 0 Å². The molecule has 1 aromatic carbocycles. The van der Waals surface area contributed by atoms with Gasteiger partial charge in [0, 0.05) is 0 Å². The van der Waals surface area contributed by atoms with Crippen molar-refractivity contribution in [2.45, 2.75) is 6.43 Å². The second-order valence-corrected chi connectivity index (χ2v) is 4.69. The van der Waals surface area contributed by atoms with E-state index in [9.17, 15) is 22.8 Å². The Kier molecular flexibility index (Phi) is 5.45. The lowest BCUT2D eigenvalue weighted by atomic mass is 10.1. The summed E-state index contributed by atoms with van der Waals surface area (Å²) in [6, 6.07) is 3.27. The normalized spacial score (nSPS) is 14.8. The quantitative estimate of drug-likeness (QED) is 0.779. The van der Waals surface area contributed by atoms with E-state index in [1.807, 2.05) is 0 Å². The van der Waals surface area contributed by atoms with E-state index in [2.05, 4.69) is 9.47 Å². The summed E-state index contributed by atoms with van der Waals surface area (Å²) in [7, 11) is 2.16. The summed E-state index contributed by atoms with van der Waals surface area (Å²) in [6.45, 7) is -0.610. The van der Waals surface area contributed by atoms with E-state index in [4.69, 9.17) is 4.74 Å². The van der Waals surface area contributed by atoms with E-state index in [-0.39, 0.29) is 30.3 Å². The standard InChI is InChI=1S/C15H14F3NO5/c1-22-14(20)8-6-24-7-19(12(8)15(21)23-2)10-5-3-4-9(16)11(10)13(17)18/h3-5,13H,6-7H2,1-2H3. The number of hydrogen-bond donors (Lipinski definition) is 0. The third kappa shape index (κ3) is 3.21. The predicted molar refractivity (Wildman–Crippen MR) is 75.7 cm³/mol. The second-order valence-electron chi connectivity index (χ2n) is 4.69. The Balaban J connectivity index is 2.66. The van der Waals surface area contributed by atoms with Crippen LogP contribution in [0.2, 0.25) is 0 Å². The third-order valence-corrected chi connectivity index (χ3v) is 3.37. The number of esters is 2. The summed E-state index contributed by atoms with van der Waals surface area (Å²) in [5.74, 6) is -2.98. The molecule has 130 valence electrons. The van der Waals surface area contributed by atoms with Crippen LogP contribution < -0.4 is 4.90 Å². The summed E-state index contributed by atoms with van der Waals surface area (Å²) in [5, 5.41) is 0. The molecular weight excluding hydrogens is 331 g/mol. The second kappa shape index (κ2) is 7.35. The molecule has 0 spiro atoms. The van der Waals surface area contributed by atoms with Gasteiger partial charge < -0.3 is 19.1 Å². The number of rotatable bonds is 4. The van der Waals surface area contributed by atoms with Crippen LogP contribution in [0.3, 0.4) is 0 Å². The lowest BCUT2D eigenvalue weighted by Gasteiger charge is -2.32. The van der Waals surface area contributed by atoms with Crippen LogP contribution in [0.5, 0.6) is 0 Å². The Morgan fingerprint density at radius 2 is 1.88 bits per heavy atom. The molecule has 0 unspecified atom stereocenters. The Labute approximate surface area is 135 Å². The number of alkyl halides is 2. The highest BCUT2D eigenvalue weighted by atomic mass is 19.3. The smallest absolute Gasteiger partial charge is 0.355 e. The SMILES string of the molecule is COC(=O)C1=C(C(=O)OC)N(c2cccc(F)c2C(F)F)COC1. The number of carbonyl (C=O) groups is 2. The molecule has 24 heavy (non-hydrogen) atoms. The fraction of sp³-hybridized carbons (Fsp3) is 0.333. The minimum Gasteiger partial charge on any atom is -0.466 e. The zero-order valence-corrected chi connectivity index (χ0v) is 12.8. The van der Waals surface area contributed by atoms with Gasteiger partial charge in [0.15, 0.2) is 0 Å². The average Bonchev–Trinajstić information content (AvgIpc) is 2.59. The number of halogens is 3. The molecule has 9 heteroatoms. The summed E-state index contributed by atoms with van der Waals surface area (Å²) in [5.41, 5.74) is -1.75. The van der Waals surface area contributed by atoms with Crippen molar-refractivity contribution in [2.24, 2.45) is 0 Å². The first kappa shape index (κ1) is 17.8. The van der Waals surface area contributed by atoms with Gasteiger partial charge in [-0.3, -0.25) is 0 Å². The Bertz CT molecular complexity index is 690. The minimum atomic E-state index is -3.14. The van der Waals surface area contributed by atoms with Crippen molar-refractivity contribution >= 4 is 17.6 Å². The van der Waals surface area contributed by atoms with Crippen LogP contribution in [0.1, 0.15) is 12.0 Å². The number of anilines is 1. The molecule has 0 amide bonds. The van der Waals surface area contributed by atoms with Crippen molar-refractivity contribution in [2.75, 3.05) is 32.5 Å². The van der Waals surface area contributed by atoms with Gasteiger partial charge in [0.2, 0.25) is 0 Å². The topological polar surface area (TPSA) is 65.1 Å². The maximum absolute atomic E-state index is 13.8. The summed E-state index contributed by atoms with van der Waals surface area (Å²) in [4.78, 5) is 24.9. The van der Waals surface area contributed by atoms with Gasteiger partial charge in [0.25, 0.3) is 6.43 Å². The van der Waals surface area contributed by atoms with Crippen LogP contribution in [0, 0.1) is 5.82 Å². The first-order valence-electron chi connectivity index (χ1n) is 6.74. The molecule has 0 radical (unpaired) electrons. The molecule has 1 aliphatic heterocycles. The van der Waals surface area contributed by atoms with Crippen molar-refractivity contribution in [3.8, 4) is 0 Å². The van der Waals surface area contributed by atoms with Gasteiger partial charge in [0.1, 0.15) is 18.2 Å². The predicted octanol–water partition coefficient (Wildman–Crippen LogP) is 2.16. The lowest BCUT2D eigenvalue weighted by Crippen LogP contribution is -2.39. The van der Waals surface area contributed by atoms with E-state index >= 15 is 0 Å². The van der Waals surface area contributed by atoms with Crippen LogP contribution in [0.15, 0.2) is 29.5 Å². The average molecular weight is 345 g/mol. The van der Waals surface area contributed by atoms with Gasteiger partial charge in [-0.05, 0) is 12.1 Å². The monoisotopic (exact) mass is 345 g/mol. The van der Waals surface area contributed by atoms with Crippen molar-refractivity contribution in [3.63, 3.8) is 0 Å². The van der Waals surface area contributed by atoms with E-state index in [1.54, 1.807) is 0 Å². The maximum atomic E-state index is 13.8. The molecule has 2 rings (SSSR count). The Morgan fingerprint density at radius 3 is 2.46 bits per heavy atom. The zero-order chi connectivity index (χ0) is 17.9. The number of hydrogen-bond acceptors (Lipinski definition) is 6. The largest absolute Gasteiger partial charge is 0.466 e. The van der Waals surface area contributed by atoms with Gasteiger partial charge in [-0.25, -0.2) is 22.8 Å². The molecule has 0 saturated carbocycles. The molecule has 6 nitrogen and oxygen atoms in total. The highest BCUT2D eigenvalue weighted by molar-refractivity contribution is 6.03. The van der Waals surface area contributed by atoms with Gasteiger partial charge in [-0.15, -0.1) is 0 Å². The summed E-state index contributed by atoms with van der Waals surface area (Å²) in [6.07, 6.45) is -3.14. The Morgan fingerprint density at radius 1 is 1.21 bits per heavy atom.